The Balaban J connectivity index is 1.92. The molecule has 1 unspecified atom stereocenters. The molecule has 1 aromatic heterocycles. The summed E-state index contributed by atoms with van der Waals surface area (Å²) in [5.41, 5.74) is 1.34. The fraction of sp³-hybridized carbons (Fsp3) is 0.333. The van der Waals surface area contributed by atoms with Gasteiger partial charge in [0.1, 0.15) is 17.2 Å². The van der Waals surface area contributed by atoms with Gasteiger partial charge in [-0.25, -0.2) is 0 Å². The maximum absolute atomic E-state index is 12.8. The second-order valence-corrected chi connectivity index (χ2v) is 6.06. The van der Waals surface area contributed by atoms with Crippen LogP contribution in [0.25, 0.3) is 0 Å². The maximum Gasteiger partial charge on any atom is 0.273 e. The maximum atomic E-state index is 12.8. The van der Waals surface area contributed by atoms with E-state index in [4.69, 9.17) is 21.1 Å². The predicted octanol–water partition coefficient (Wildman–Crippen LogP) is 3.73. The van der Waals surface area contributed by atoms with Crippen LogP contribution in [0.3, 0.4) is 0 Å². The standard InChI is InChI=1S/C18H19ClN2O3/c1-23-13-5-6-14(17(11-13)24-2)16-4-3-9-21(16)18(22)15-10-12(19)7-8-20-15/h5-8,10-11,16H,3-4,9H2,1-2H3. The third-order valence-corrected chi connectivity index (χ3v) is 4.49. The highest BCUT2D eigenvalue weighted by atomic mass is 35.5. The van der Waals surface area contributed by atoms with Crippen LogP contribution in [0, 0.1) is 0 Å². The van der Waals surface area contributed by atoms with Gasteiger partial charge in [0, 0.05) is 29.4 Å². The quantitative estimate of drug-likeness (QED) is 0.846. The van der Waals surface area contributed by atoms with Crippen LogP contribution in [-0.2, 0) is 0 Å². The van der Waals surface area contributed by atoms with E-state index in [1.165, 1.54) is 0 Å². The number of halogens is 1. The second-order valence-electron chi connectivity index (χ2n) is 5.62. The number of amides is 1. The fourth-order valence-corrected chi connectivity index (χ4v) is 3.26. The van der Waals surface area contributed by atoms with Gasteiger partial charge in [-0.2, -0.15) is 0 Å². The zero-order valence-corrected chi connectivity index (χ0v) is 14.4. The third kappa shape index (κ3) is 3.17. The number of carbonyl (C=O) groups is 1. The molecular formula is C18H19ClN2O3. The lowest BCUT2D eigenvalue weighted by Crippen LogP contribution is -2.31. The minimum atomic E-state index is -0.113. The summed E-state index contributed by atoms with van der Waals surface area (Å²) in [7, 11) is 3.24. The van der Waals surface area contributed by atoms with Crippen LogP contribution in [0.15, 0.2) is 36.5 Å². The van der Waals surface area contributed by atoms with E-state index in [1.807, 2.05) is 23.1 Å². The number of hydrogen-bond acceptors (Lipinski definition) is 4. The molecule has 0 radical (unpaired) electrons. The van der Waals surface area contributed by atoms with Gasteiger partial charge < -0.3 is 14.4 Å². The van der Waals surface area contributed by atoms with E-state index in [-0.39, 0.29) is 11.9 Å². The molecule has 1 atom stereocenters. The van der Waals surface area contributed by atoms with Gasteiger partial charge in [0.25, 0.3) is 5.91 Å². The molecule has 0 spiro atoms. The Bertz CT molecular complexity index is 751. The van der Waals surface area contributed by atoms with E-state index in [9.17, 15) is 4.79 Å². The Morgan fingerprint density at radius 1 is 1.25 bits per heavy atom. The molecular weight excluding hydrogens is 328 g/mol. The average molecular weight is 347 g/mol. The number of rotatable bonds is 4. The van der Waals surface area contributed by atoms with Gasteiger partial charge in [0.05, 0.1) is 20.3 Å². The number of ether oxygens (including phenoxy) is 2. The summed E-state index contributed by atoms with van der Waals surface area (Å²) in [4.78, 5) is 18.8. The van der Waals surface area contributed by atoms with Gasteiger partial charge in [0.15, 0.2) is 0 Å². The molecule has 1 aliphatic rings. The van der Waals surface area contributed by atoms with Crippen molar-refractivity contribution in [2.24, 2.45) is 0 Å². The summed E-state index contributed by atoms with van der Waals surface area (Å²) in [6, 6.07) is 8.90. The molecule has 2 heterocycles. The van der Waals surface area contributed by atoms with E-state index < -0.39 is 0 Å². The molecule has 0 N–H and O–H groups in total. The number of benzene rings is 1. The van der Waals surface area contributed by atoms with Gasteiger partial charge in [0.2, 0.25) is 0 Å². The Labute approximate surface area is 146 Å². The number of carbonyl (C=O) groups excluding carboxylic acids is 1. The van der Waals surface area contributed by atoms with Gasteiger partial charge in [-0.1, -0.05) is 11.6 Å². The van der Waals surface area contributed by atoms with E-state index in [1.54, 1.807) is 32.5 Å². The van der Waals surface area contributed by atoms with E-state index in [0.717, 1.165) is 29.9 Å². The first-order chi connectivity index (χ1) is 11.6. The molecule has 6 heteroatoms. The number of pyridine rings is 1. The van der Waals surface area contributed by atoms with E-state index >= 15 is 0 Å². The molecule has 1 aliphatic heterocycles. The highest BCUT2D eigenvalue weighted by Crippen LogP contribution is 2.39. The van der Waals surface area contributed by atoms with Gasteiger partial charge >= 0.3 is 0 Å². The van der Waals surface area contributed by atoms with Gasteiger partial charge in [-0.15, -0.1) is 0 Å². The lowest BCUT2D eigenvalue weighted by molar-refractivity contribution is 0.0728. The zero-order chi connectivity index (χ0) is 17.1. The van der Waals surface area contributed by atoms with Crippen molar-refractivity contribution in [2.75, 3.05) is 20.8 Å². The molecule has 0 saturated carbocycles. The van der Waals surface area contributed by atoms with Crippen molar-refractivity contribution in [2.45, 2.75) is 18.9 Å². The van der Waals surface area contributed by atoms with Crippen molar-refractivity contribution in [3.63, 3.8) is 0 Å². The van der Waals surface area contributed by atoms with Crippen molar-refractivity contribution in [1.82, 2.24) is 9.88 Å². The Kier molecular flexibility index (Phi) is 4.90. The molecule has 0 aliphatic carbocycles. The first kappa shape index (κ1) is 16.6. The Hall–Kier alpha value is -2.27. The zero-order valence-electron chi connectivity index (χ0n) is 13.7. The van der Waals surface area contributed by atoms with Crippen molar-refractivity contribution in [1.29, 1.82) is 0 Å². The highest BCUT2D eigenvalue weighted by molar-refractivity contribution is 6.30. The van der Waals surface area contributed by atoms with Gasteiger partial charge in [-0.3, -0.25) is 9.78 Å². The summed E-state index contributed by atoms with van der Waals surface area (Å²) < 4.78 is 10.7. The number of aromatic nitrogens is 1. The molecule has 5 nitrogen and oxygen atoms in total. The predicted molar refractivity (Wildman–Crippen MR) is 91.8 cm³/mol. The molecule has 24 heavy (non-hydrogen) atoms. The van der Waals surface area contributed by atoms with Crippen LogP contribution in [-0.4, -0.2) is 36.6 Å². The minimum absolute atomic E-state index is 0.0425. The molecule has 1 fully saturated rings. The van der Waals surface area contributed by atoms with Crippen LogP contribution >= 0.6 is 11.6 Å². The molecule has 126 valence electrons. The van der Waals surface area contributed by atoms with Crippen molar-refractivity contribution >= 4 is 17.5 Å². The molecule has 1 saturated heterocycles. The molecule has 3 rings (SSSR count). The number of likely N-dealkylation sites (tertiary alicyclic amines) is 1. The SMILES string of the molecule is COc1ccc(C2CCCN2C(=O)c2cc(Cl)ccn2)c(OC)c1. The normalized spacial score (nSPS) is 17.0. The van der Waals surface area contributed by atoms with Crippen molar-refractivity contribution in [3.05, 3.63) is 52.8 Å². The summed E-state index contributed by atoms with van der Waals surface area (Å²) >= 11 is 5.99. The summed E-state index contributed by atoms with van der Waals surface area (Å²) in [5.74, 6) is 1.33. The summed E-state index contributed by atoms with van der Waals surface area (Å²) in [5, 5.41) is 0.506. The van der Waals surface area contributed by atoms with Crippen LogP contribution < -0.4 is 9.47 Å². The molecule has 1 aromatic carbocycles. The lowest BCUT2D eigenvalue weighted by Gasteiger charge is -2.26. The van der Waals surface area contributed by atoms with E-state index in [2.05, 4.69) is 4.98 Å². The van der Waals surface area contributed by atoms with Crippen LogP contribution in [0.2, 0.25) is 5.02 Å². The molecule has 1 amide bonds. The highest BCUT2D eigenvalue weighted by Gasteiger charge is 2.33. The molecule has 0 bridgehead atoms. The monoisotopic (exact) mass is 346 g/mol. The van der Waals surface area contributed by atoms with E-state index in [0.29, 0.717) is 17.3 Å². The number of methoxy groups -OCH3 is 2. The first-order valence-corrected chi connectivity index (χ1v) is 8.16. The van der Waals surface area contributed by atoms with Gasteiger partial charge in [-0.05, 0) is 37.1 Å². The number of hydrogen-bond donors (Lipinski definition) is 0. The summed E-state index contributed by atoms with van der Waals surface area (Å²) in [6.07, 6.45) is 3.37. The van der Waals surface area contributed by atoms with Crippen LogP contribution in [0.1, 0.15) is 34.9 Å². The average Bonchev–Trinajstić information content (AvgIpc) is 3.09. The third-order valence-electron chi connectivity index (χ3n) is 4.25. The smallest absolute Gasteiger partial charge is 0.273 e. The lowest BCUT2D eigenvalue weighted by atomic mass is 10.0. The van der Waals surface area contributed by atoms with Crippen LogP contribution in [0.4, 0.5) is 0 Å². The van der Waals surface area contributed by atoms with Crippen molar-refractivity contribution in [3.8, 4) is 11.5 Å². The largest absolute Gasteiger partial charge is 0.497 e. The minimum Gasteiger partial charge on any atom is -0.497 e. The first-order valence-electron chi connectivity index (χ1n) is 7.78. The fourth-order valence-electron chi connectivity index (χ4n) is 3.10. The Morgan fingerprint density at radius 2 is 2.08 bits per heavy atom. The second kappa shape index (κ2) is 7.09. The number of nitrogens with zero attached hydrogens (tertiary/aromatic N) is 2. The summed E-state index contributed by atoms with van der Waals surface area (Å²) in [6.45, 7) is 0.687. The topological polar surface area (TPSA) is 51.7 Å². The Morgan fingerprint density at radius 3 is 2.79 bits per heavy atom. The van der Waals surface area contributed by atoms with Crippen LogP contribution in [0.5, 0.6) is 11.5 Å². The van der Waals surface area contributed by atoms with Crippen molar-refractivity contribution < 1.29 is 14.3 Å². The molecule has 2 aromatic rings.